The Morgan fingerprint density at radius 1 is 1.36 bits per heavy atom. The monoisotopic (exact) mass is 381 g/mol. The van der Waals surface area contributed by atoms with Crippen molar-refractivity contribution in [2.45, 2.75) is 25.8 Å². The maximum Gasteiger partial charge on any atom is 0.220 e. The molecular weight excluding hydrogens is 362 g/mol. The molecule has 0 spiro atoms. The minimum absolute atomic E-state index is 0.0590. The van der Waals surface area contributed by atoms with Crippen molar-refractivity contribution in [3.8, 4) is 11.3 Å². The van der Waals surface area contributed by atoms with Gasteiger partial charge in [0.05, 0.1) is 11.7 Å². The lowest BCUT2D eigenvalue weighted by molar-refractivity contribution is -0.121. The summed E-state index contributed by atoms with van der Waals surface area (Å²) >= 11 is 5.01. The van der Waals surface area contributed by atoms with Crippen LogP contribution in [0.5, 0.6) is 0 Å². The normalized spacial score (nSPS) is 12.1. The van der Waals surface area contributed by atoms with E-state index in [2.05, 4.69) is 31.5 Å². The van der Waals surface area contributed by atoms with Gasteiger partial charge in [0.25, 0.3) is 0 Å². The van der Waals surface area contributed by atoms with Crippen LogP contribution in [-0.4, -0.2) is 24.5 Å². The van der Waals surface area contributed by atoms with Crippen molar-refractivity contribution in [3.05, 3.63) is 39.1 Å². The molecule has 1 unspecified atom stereocenters. The molecule has 4 nitrogen and oxygen atoms in total. The highest BCUT2D eigenvalue weighted by Crippen LogP contribution is 2.26. The third-order valence-electron chi connectivity index (χ3n) is 3.24. The molecule has 0 saturated carbocycles. The van der Waals surface area contributed by atoms with Crippen molar-refractivity contribution in [1.29, 1.82) is 0 Å². The number of carbonyl (C=O) groups is 1. The number of thiazole rings is 1. The molecule has 2 N–H and O–H groups in total. The number of halogens is 1. The first kappa shape index (κ1) is 17.1. The molecule has 0 fully saturated rings. The predicted molar refractivity (Wildman–Crippen MR) is 95.0 cm³/mol. The molecule has 0 aliphatic heterocycles. The highest BCUT2D eigenvalue weighted by Gasteiger charge is 2.13. The average Bonchev–Trinajstić information content (AvgIpc) is 2.98. The number of amides is 1. The Bertz CT molecular complexity index is 612. The number of hydrogen-bond donors (Lipinski definition) is 2. The van der Waals surface area contributed by atoms with Crippen LogP contribution in [0.1, 0.15) is 30.8 Å². The molecule has 1 atom stereocenters. The zero-order valence-electron chi connectivity index (χ0n) is 12.7. The van der Waals surface area contributed by atoms with Gasteiger partial charge in [0.1, 0.15) is 5.01 Å². The number of carbonyl (C=O) groups excluding carboxylic acids is 1. The largest absolute Gasteiger partial charge is 0.347 e. The summed E-state index contributed by atoms with van der Waals surface area (Å²) in [6, 6.07) is 8.01. The predicted octanol–water partition coefficient (Wildman–Crippen LogP) is 3.75. The van der Waals surface area contributed by atoms with Gasteiger partial charge in [0, 0.05) is 21.8 Å². The second-order valence-electron chi connectivity index (χ2n) is 5.07. The molecule has 1 amide bonds. The third-order valence-corrected chi connectivity index (χ3v) is 4.80. The Morgan fingerprint density at radius 3 is 2.77 bits per heavy atom. The van der Waals surface area contributed by atoms with Gasteiger partial charge in [0.2, 0.25) is 5.91 Å². The van der Waals surface area contributed by atoms with Gasteiger partial charge < -0.3 is 10.6 Å². The van der Waals surface area contributed by atoms with E-state index in [4.69, 9.17) is 0 Å². The molecule has 22 heavy (non-hydrogen) atoms. The van der Waals surface area contributed by atoms with E-state index in [1.807, 2.05) is 43.6 Å². The molecule has 0 aliphatic carbocycles. The summed E-state index contributed by atoms with van der Waals surface area (Å²) in [6.07, 6.45) is 1.38. The first-order chi connectivity index (χ1) is 10.6. The molecule has 0 bridgehead atoms. The Morgan fingerprint density at radius 2 is 2.09 bits per heavy atom. The SMILES string of the molecule is CNCCCC(=O)NC(C)c1nc(-c2ccc(Br)cc2)cs1. The molecule has 118 valence electrons. The van der Waals surface area contributed by atoms with E-state index < -0.39 is 0 Å². The van der Waals surface area contributed by atoms with E-state index >= 15 is 0 Å². The van der Waals surface area contributed by atoms with E-state index in [9.17, 15) is 4.79 Å². The lowest BCUT2D eigenvalue weighted by atomic mass is 10.2. The van der Waals surface area contributed by atoms with E-state index in [1.165, 1.54) is 0 Å². The van der Waals surface area contributed by atoms with Crippen LogP contribution in [0.4, 0.5) is 0 Å². The number of benzene rings is 1. The maximum absolute atomic E-state index is 11.8. The Kier molecular flexibility index (Phi) is 6.54. The number of aromatic nitrogens is 1. The molecule has 0 saturated heterocycles. The van der Waals surface area contributed by atoms with Gasteiger partial charge in [-0.1, -0.05) is 28.1 Å². The summed E-state index contributed by atoms with van der Waals surface area (Å²) in [5, 5.41) is 9.00. The molecular formula is C16H20BrN3OS. The van der Waals surface area contributed by atoms with Gasteiger partial charge in [-0.2, -0.15) is 0 Å². The van der Waals surface area contributed by atoms with Crippen LogP contribution in [0.25, 0.3) is 11.3 Å². The number of nitrogens with one attached hydrogen (secondary N) is 2. The van der Waals surface area contributed by atoms with E-state index in [0.717, 1.165) is 33.7 Å². The average molecular weight is 382 g/mol. The van der Waals surface area contributed by atoms with Crippen molar-refractivity contribution in [3.63, 3.8) is 0 Å². The zero-order valence-corrected chi connectivity index (χ0v) is 15.1. The highest BCUT2D eigenvalue weighted by atomic mass is 79.9. The minimum atomic E-state index is -0.0590. The lowest BCUT2D eigenvalue weighted by Crippen LogP contribution is -2.27. The van der Waals surface area contributed by atoms with Crippen molar-refractivity contribution >= 4 is 33.2 Å². The van der Waals surface area contributed by atoms with Crippen molar-refractivity contribution in [2.75, 3.05) is 13.6 Å². The number of hydrogen-bond acceptors (Lipinski definition) is 4. The molecule has 6 heteroatoms. The minimum Gasteiger partial charge on any atom is -0.347 e. The molecule has 2 aromatic rings. The Hall–Kier alpha value is -1.24. The molecule has 1 aromatic carbocycles. The first-order valence-corrected chi connectivity index (χ1v) is 8.92. The Balaban J connectivity index is 1.95. The number of rotatable bonds is 7. The first-order valence-electron chi connectivity index (χ1n) is 7.25. The van der Waals surface area contributed by atoms with Crippen LogP contribution in [0, 0.1) is 0 Å². The van der Waals surface area contributed by atoms with Crippen LogP contribution in [-0.2, 0) is 4.79 Å². The summed E-state index contributed by atoms with van der Waals surface area (Å²) in [4.78, 5) is 16.5. The molecule has 1 heterocycles. The fourth-order valence-corrected chi connectivity index (χ4v) is 3.14. The third kappa shape index (κ3) is 4.90. The number of nitrogens with zero attached hydrogens (tertiary/aromatic N) is 1. The topological polar surface area (TPSA) is 54.0 Å². The fourth-order valence-electron chi connectivity index (χ4n) is 2.04. The summed E-state index contributed by atoms with van der Waals surface area (Å²) in [5.41, 5.74) is 2.03. The van der Waals surface area contributed by atoms with Crippen LogP contribution < -0.4 is 10.6 Å². The van der Waals surface area contributed by atoms with Gasteiger partial charge in [-0.3, -0.25) is 4.79 Å². The summed E-state index contributed by atoms with van der Waals surface area (Å²) in [6.45, 7) is 2.83. The Labute approximate surface area is 143 Å². The van der Waals surface area contributed by atoms with Crippen LogP contribution in [0.2, 0.25) is 0 Å². The summed E-state index contributed by atoms with van der Waals surface area (Å²) < 4.78 is 1.05. The zero-order chi connectivity index (χ0) is 15.9. The summed E-state index contributed by atoms with van der Waals surface area (Å²) in [7, 11) is 1.89. The van der Waals surface area contributed by atoms with Gasteiger partial charge in [-0.05, 0) is 39.1 Å². The second kappa shape index (κ2) is 8.41. The molecule has 0 aliphatic rings. The molecule has 0 radical (unpaired) electrons. The molecule has 2 rings (SSSR count). The lowest BCUT2D eigenvalue weighted by Gasteiger charge is -2.11. The summed E-state index contributed by atoms with van der Waals surface area (Å²) in [5.74, 6) is 0.0724. The van der Waals surface area contributed by atoms with Crippen molar-refractivity contribution < 1.29 is 4.79 Å². The van der Waals surface area contributed by atoms with E-state index in [0.29, 0.717) is 6.42 Å². The second-order valence-corrected chi connectivity index (χ2v) is 6.88. The van der Waals surface area contributed by atoms with Gasteiger partial charge in [0.15, 0.2) is 0 Å². The highest BCUT2D eigenvalue weighted by molar-refractivity contribution is 9.10. The fraction of sp³-hybridized carbons (Fsp3) is 0.375. The molecule has 1 aromatic heterocycles. The van der Waals surface area contributed by atoms with Gasteiger partial charge >= 0.3 is 0 Å². The van der Waals surface area contributed by atoms with Crippen molar-refractivity contribution in [1.82, 2.24) is 15.6 Å². The smallest absolute Gasteiger partial charge is 0.220 e. The van der Waals surface area contributed by atoms with Gasteiger partial charge in [-0.25, -0.2) is 4.98 Å². The van der Waals surface area contributed by atoms with Gasteiger partial charge in [-0.15, -0.1) is 11.3 Å². The van der Waals surface area contributed by atoms with Crippen molar-refractivity contribution in [2.24, 2.45) is 0 Å². The van der Waals surface area contributed by atoms with E-state index in [-0.39, 0.29) is 11.9 Å². The quantitative estimate of drug-likeness (QED) is 0.718. The van der Waals surface area contributed by atoms with Crippen LogP contribution >= 0.6 is 27.3 Å². The van der Waals surface area contributed by atoms with E-state index in [1.54, 1.807) is 11.3 Å². The standard InChI is InChI=1S/C16H20BrN3OS/c1-11(19-15(21)4-3-9-18-2)16-20-14(10-22-16)12-5-7-13(17)8-6-12/h5-8,10-11,18H,3-4,9H2,1-2H3,(H,19,21). The maximum atomic E-state index is 11.8. The van der Waals surface area contributed by atoms with Crippen LogP contribution in [0.3, 0.4) is 0 Å². The van der Waals surface area contributed by atoms with Crippen LogP contribution in [0.15, 0.2) is 34.1 Å².